The lowest BCUT2D eigenvalue weighted by molar-refractivity contribution is 0.165. The van der Waals surface area contributed by atoms with Crippen molar-refractivity contribution in [1.82, 2.24) is 15.2 Å². The third kappa shape index (κ3) is 5.20. The smallest absolute Gasteiger partial charge is 0.119 e. The number of nitrogens with zero attached hydrogens (tertiary/aromatic N) is 2. The van der Waals surface area contributed by atoms with Crippen LogP contribution in [0.4, 0.5) is 0 Å². The van der Waals surface area contributed by atoms with Gasteiger partial charge in [-0.05, 0) is 42.3 Å². The summed E-state index contributed by atoms with van der Waals surface area (Å²) in [6, 6.07) is 13.0. The second-order valence-corrected chi connectivity index (χ2v) is 5.81. The highest BCUT2D eigenvalue weighted by Crippen LogP contribution is 2.16. The van der Waals surface area contributed by atoms with E-state index in [4.69, 9.17) is 4.74 Å². The summed E-state index contributed by atoms with van der Waals surface area (Å²) in [5.41, 5.74) is 2.47. The largest absolute Gasteiger partial charge is 0.489 e. The van der Waals surface area contributed by atoms with Crippen LogP contribution >= 0.6 is 12.4 Å². The standard InChI is InChI=1S/C18H23N3O.ClH/c1-15-12-20-10-11-21(15)13-16-2-4-18(5-3-16)22-14-17-6-8-19-9-7-17;/h2-9,15,20H,10-14H2,1H3;1H/t15-;/m0./s1. The molecule has 3 rings (SSSR count). The van der Waals surface area contributed by atoms with Crippen molar-refractivity contribution in [3.8, 4) is 5.75 Å². The molecule has 0 spiro atoms. The summed E-state index contributed by atoms with van der Waals surface area (Å²) < 4.78 is 5.81. The Labute approximate surface area is 144 Å². The Hall–Kier alpha value is -1.62. The van der Waals surface area contributed by atoms with Gasteiger partial charge in [-0.15, -0.1) is 12.4 Å². The first kappa shape index (κ1) is 17.7. The van der Waals surface area contributed by atoms with Crippen LogP contribution in [-0.2, 0) is 13.2 Å². The normalized spacial score (nSPS) is 18.2. The molecule has 1 atom stereocenters. The number of benzene rings is 1. The van der Waals surface area contributed by atoms with Gasteiger partial charge < -0.3 is 10.1 Å². The second kappa shape index (κ2) is 8.87. The minimum atomic E-state index is 0. The number of halogens is 1. The molecule has 1 aromatic carbocycles. The SMILES string of the molecule is C[C@H]1CNCCN1Cc1ccc(OCc2ccncc2)cc1.Cl. The molecular formula is C18H24ClN3O. The lowest BCUT2D eigenvalue weighted by atomic mass is 10.1. The number of pyridine rings is 1. The van der Waals surface area contributed by atoms with Crippen molar-refractivity contribution in [3.05, 3.63) is 59.9 Å². The maximum atomic E-state index is 5.81. The van der Waals surface area contributed by atoms with Crippen molar-refractivity contribution in [3.63, 3.8) is 0 Å². The van der Waals surface area contributed by atoms with Crippen LogP contribution in [-0.4, -0.2) is 35.6 Å². The van der Waals surface area contributed by atoms with Crippen molar-refractivity contribution < 1.29 is 4.74 Å². The fourth-order valence-corrected chi connectivity index (χ4v) is 2.69. The molecule has 0 saturated carbocycles. The maximum Gasteiger partial charge on any atom is 0.119 e. The fourth-order valence-electron chi connectivity index (χ4n) is 2.69. The van der Waals surface area contributed by atoms with Crippen LogP contribution in [0, 0.1) is 0 Å². The summed E-state index contributed by atoms with van der Waals surface area (Å²) in [4.78, 5) is 6.53. The molecule has 1 saturated heterocycles. The number of piperazine rings is 1. The van der Waals surface area contributed by atoms with E-state index in [2.05, 4.69) is 46.4 Å². The van der Waals surface area contributed by atoms with Gasteiger partial charge in [0.25, 0.3) is 0 Å². The predicted octanol–water partition coefficient (Wildman–Crippen LogP) is 2.88. The van der Waals surface area contributed by atoms with Gasteiger partial charge in [-0.3, -0.25) is 9.88 Å². The Kier molecular flexibility index (Phi) is 6.84. The van der Waals surface area contributed by atoms with Gasteiger partial charge >= 0.3 is 0 Å². The van der Waals surface area contributed by atoms with Crippen LogP contribution in [0.3, 0.4) is 0 Å². The third-order valence-corrected chi connectivity index (χ3v) is 4.10. The van der Waals surface area contributed by atoms with Crippen molar-refractivity contribution >= 4 is 12.4 Å². The summed E-state index contributed by atoms with van der Waals surface area (Å²) in [7, 11) is 0. The third-order valence-electron chi connectivity index (χ3n) is 4.10. The summed E-state index contributed by atoms with van der Waals surface area (Å²) in [6.45, 7) is 7.13. The minimum Gasteiger partial charge on any atom is -0.489 e. The first-order valence-corrected chi connectivity index (χ1v) is 7.87. The van der Waals surface area contributed by atoms with E-state index >= 15 is 0 Å². The van der Waals surface area contributed by atoms with E-state index in [1.54, 1.807) is 12.4 Å². The minimum absolute atomic E-state index is 0. The summed E-state index contributed by atoms with van der Waals surface area (Å²) in [5, 5.41) is 3.43. The fraction of sp³-hybridized carbons (Fsp3) is 0.389. The van der Waals surface area contributed by atoms with Gasteiger partial charge in [0, 0.05) is 44.6 Å². The highest BCUT2D eigenvalue weighted by Gasteiger charge is 2.17. The molecule has 1 fully saturated rings. The van der Waals surface area contributed by atoms with Gasteiger partial charge in [-0.2, -0.15) is 0 Å². The average molecular weight is 334 g/mol. The molecule has 5 heteroatoms. The first-order chi connectivity index (χ1) is 10.8. The summed E-state index contributed by atoms with van der Waals surface area (Å²) in [5.74, 6) is 0.911. The van der Waals surface area contributed by atoms with E-state index < -0.39 is 0 Å². The highest BCUT2D eigenvalue weighted by atomic mass is 35.5. The number of aromatic nitrogens is 1. The highest BCUT2D eigenvalue weighted by molar-refractivity contribution is 5.85. The molecule has 2 heterocycles. The quantitative estimate of drug-likeness (QED) is 0.913. The van der Waals surface area contributed by atoms with Gasteiger partial charge in [0.1, 0.15) is 12.4 Å². The number of ether oxygens (including phenoxy) is 1. The van der Waals surface area contributed by atoms with E-state index in [-0.39, 0.29) is 12.4 Å². The first-order valence-electron chi connectivity index (χ1n) is 7.87. The monoisotopic (exact) mass is 333 g/mol. The van der Waals surface area contributed by atoms with Gasteiger partial charge in [-0.25, -0.2) is 0 Å². The van der Waals surface area contributed by atoms with Gasteiger partial charge in [-0.1, -0.05) is 12.1 Å². The second-order valence-electron chi connectivity index (χ2n) is 5.81. The van der Waals surface area contributed by atoms with Crippen LogP contribution in [0.25, 0.3) is 0 Å². The van der Waals surface area contributed by atoms with E-state index in [1.807, 2.05) is 12.1 Å². The Morgan fingerprint density at radius 3 is 2.57 bits per heavy atom. The number of rotatable bonds is 5. The molecule has 23 heavy (non-hydrogen) atoms. The molecular weight excluding hydrogens is 310 g/mol. The van der Waals surface area contributed by atoms with Gasteiger partial charge in [0.05, 0.1) is 0 Å². The number of hydrogen-bond acceptors (Lipinski definition) is 4. The summed E-state index contributed by atoms with van der Waals surface area (Å²) >= 11 is 0. The van der Waals surface area contributed by atoms with Gasteiger partial charge in [0.2, 0.25) is 0 Å². The van der Waals surface area contributed by atoms with Crippen molar-refractivity contribution in [2.45, 2.75) is 26.1 Å². The zero-order valence-electron chi connectivity index (χ0n) is 13.4. The molecule has 0 bridgehead atoms. The zero-order chi connectivity index (χ0) is 15.2. The Morgan fingerprint density at radius 1 is 1.13 bits per heavy atom. The summed E-state index contributed by atoms with van der Waals surface area (Å²) in [6.07, 6.45) is 3.58. The van der Waals surface area contributed by atoms with Crippen LogP contribution in [0.5, 0.6) is 5.75 Å². The molecule has 2 aromatic rings. The Morgan fingerprint density at radius 2 is 1.87 bits per heavy atom. The average Bonchev–Trinajstić information content (AvgIpc) is 2.57. The van der Waals surface area contributed by atoms with Crippen LogP contribution in [0.2, 0.25) is 0 Å². The Balaban J connectivity index is 0.00000192. The molecule has 0 amide bonds. The van der Waals surface area contributed by atoms with E-state index in [9.17, 15) is 0 Å². The van der Waals surface area contributed by atoms with E-state index in [0.717, 1.165) is 37.5 Å². The number of hydrogen-bond donors (Lipinski definition) is 1. The van der Waals surface area contributed by atoms with Gasteiger partial charge in [0.15, 0.2) is 0 Å². The van der Waals surface area contributed by atoms with Crippen molar-refractivity contribution in [2.24, 2.45) is 0 Å². The molecule has 1 aliphatic heterocycles. The number of nitrogens with one attached hydrogen (secondary N) is 1. The molecule has 1 N–H and O–H groups in total. The zero-order valence-corrected chi connectivity index (χ0v) is 14.3. The molecule has 4 nitrogen and oxygen atoms in total. The van der Waals surface area contributed by atoms with Crippen molar-refractivity contribution in [2.75, 3.05) is 19.6 Å². The van der Waals surface area contributed by atoms with Crippen LogP contribution < -0.4 is 10.1 Å². The predicted molar refractivity (Wildman–Crippen MR) is 95.0 cm³/mol. The topological polar surface area (TPSA) is 37.4 Å². The molecule has 124 valence electrons. The lowest BCUT2D eigenvalue weighted by Crippen LogP contribution is -2.49. The molecule has 1 aromatic heterocycles. The molecule has 0 radical (unpaired) electrons. The van der Waals surface area contributed by atoms with E-state index in [0.29, 0.717) is 12.6 Å². The molecule has 0 unspecified atom stereocenters. The van der Waals surface area contributed by atoms with Crippen LogP contribution in [0.1, 0.15) is 18.1 Å². The van der Waals surface area contributed by atoms with Crippen molar-refractivity contribution in [1.29, 1.82) is 0 Å². The maximum absolute atomic E-state index is 5.81. The van der Waals surface area contributed by atoms with E-state index in [1.165, 1.54) is 5.56 Å². The Bertz CT molecular complexity index is 577. The van der Waals surface area contributed by atoms with Crippen LogP contribution in [0.15, 0.2) is 48.8 Å². The molecule has 1 aliphatic rings. The molecule has 0 aliphatic carbocycles. The lowest BCUT2D eigenvalue weighted by Gasteiger charge is -2.33.